The van der Waals surface area contributed by atoms with Crippen LogP contribution in [0.3, 0.4) is 0 Å². The van der Waals surface area contributed by atoms with E-state index in [1.165, 1.54) is 21.8 Å². The maximum Gasteiger partial charge on any atom is 0.244 e. The van der Waals surface area contributed by atoms with Crippen LogP contribution in [-0.4, -0.2) is 38.7 Å². The van der Waals surface area contributed by atoms with Crippen LogP contribution in [0, 0.1) is 6.92 Å². The van der Waals surface area contributed by atoms with Gasteiger partial charge in [0.2, 0.25) is 5.91 Å². The van der Waals surface area contributed by atoms with Crippen LogP contribution in [0.5, 0.6) is 0 Å². The van der Waals surface area contributed by atoms with E-state index in [2.05, 4.69) is 48.3 Å². The first-order valence-corrected chi connectivity index (χ1v) is 11.6. The number of nitrogens with two attached hydrogens (primary N) is 1. The minimum absolute atomic E-state index is 0.0733. The van der Waals surface area contributed by atoms with Crippen LogP contribution in [0.2, 0.25) is 0 Å². The zero-order valence-electron chi connectivity index (χ0n) is 18.0. The van der Waals surface area contributed by atoms with Crippen molar-refractivity contribution in [2.75, 3.05) is 18.8 Å². The van der Waals surface area contributed by atoms with E-state index in [1.54, 1.807) is 0 Å². The highest BCUT2D eigenvalue weighted by Gasteiger charge is 2.23. The molecular weight excluding hydrogens is 418 g/mol. The maximum absolute atomic E-state index is 13.3. The molecule has 2 aromatic heterocycles. The molecule has 1 amide bonds. The summed E-state index contributed by atoms with van der Waals surface area (Å²) in [4.78, 5) is 20.8. The molecule has 0 aliphatic carbocycles. The van der Waals surface area contributed by atoms with Gasteiger partial charge >= 0.3 is 0 Å². The predicted molar refractivity (Wildman–Crippen MR) is 128 cm³/mol. The Bertz CT molecular complexity index is 1240. The average molecular weight is 444 g/mol. The molecule has 1 aliphatic rings. The number of thiazole rings is 1. The third kappa shape index (κ3) is 4.16. The van der Waals surface area contributed by atoms with Gasteiger partial charge in [0.25, 0.3) is 0 Å². The Labute approximate surface area is 191 Å². The van der Waals surface area contributed by atoms with Gasteiger partial charge in [0, 0.05) is 36.4 Å². The lowest BCUT2D eigenvalue weighted by Crippen LogP contribution is -2.36. The van der Waals surface area contributed by atoms with Gasteiger partial charge in [0.1, 0.15) is 6.54 Å². The van der Waals surface area contributed by atoms with Crippen LogP contribution in [0.15, 0.2) is 60.7 Å². The molecule has 162 valence electrons. The number of hydrogen-bond donors (Lipinski definition) is 1. The summed E-state index contributed by atoms with van der Waals surface area (Å²) in [6.07, 6.45) is 1.54. The monoisotopic (exact) mass is 443 g/mol. The topological polar surface area (TPSA) is 77.0 Å². The fourth-order valence-corrected chi connectivity index (χ4v) is 5.05. The van der Waals surface area contributed by atoms with Crippen LogP contribution >= 0.6 is 11.3 Å². The fraction of sp³-hybridized carbons (Fsp3) is 0.240. The lowest BCUT2D eigenvalue weighted by Gasteiger charge is -2.20. The number of benzene rings is 2. The predicted octanol–water partition coefficient (Wildman–Crippen LogP) is 4.19. The summed E-state index contributed by atoms with van der Waals surface area (Å²) in [5.74, 6) is 0.0733. The Balaban J connectivity index is 1.42. The van der Waals surface area contributed by atoms with Gasteiger partial charge in [-0.25, -0.2) is 4.98 Å². The van der Waals surface area contributed by atoms with E-state index >= 15 is 0 Å². The zero-order valence-corrected chi connectivity index (χ0v) is 18.8. The largest absolute Gasteiger partial charge is 0.375 e. The number of aryl methyl sites for hydroxylation is 1. The number of hydrogen-bond acceptors (Lipinski definition) is 5. The molecule has 0 radical (unpaired) electrons. The highest BCUT2D eigenvalue weighted by atomic mass is 32.1. The molecule has 0 spiro atoms. The van der Waals surface area contributed by atoms with Gasteiger partial charge in [-0.05, 0) is 24.6 Å². The highest BCUT2D eigenvalue weighted by molar-refractivity contribution is 7.15. The molecule has 0 saturated carbocycles. The average Bonchev–Trinajstić information content (AvgIpc) is 3.31. The molecule has 2 N–H and O–H groups in total. The van der Waals surface area contributed by atoms with Gasteiger partial charge in [-0.2, -0.15) is 5.10 Å². The Hall–Kier alpha value is -3.45. The van der Waals surface area contributed by atoms with Gasteiger partial charge < -0.3 is 10.6 Å². The Kier molecular flexibility index (Phi) is 5.49. The molecule has 0 atom stereocenters. The first-order valence-electron chi connectivity index (χ1n) is 10.8. The third-order valence-electron chi connectivity index (χ3n) is 5.82. The summed E-state index contributed by atoms with van der Waals surface area (Å²) in [5.41, 5.74) is 12.0. The normalized spacial score (nSPS) is 13.6. The van der Waals surface area contributed by atoms with Crippen LogP contribution in [0.1, 0.15) is 16.1 Å². The minimum atomic E-state index is 0.0733. The number of carbonyl (C=O) groups excluding carboxylic acids is 1. The van der Waals surface area contributed by atoms with Crippen molar-refractivity contribution in [3.8, 4) is 22.5 Å². The molecule has 32 heavy (non-hydrogen) atoms. The van der Waals surface area contributed by atoms with Crippen LogP contribution < -0.4 is 5.73 Å². The van der Waals surface area contributed by atoms with E-state index in [0.717, 1.165) is 41.1 Å². The standard InChI is InChI=1S/C25H25N5OS/c1-17-6-5-9-19(14-17)21-15-22(18-7-3-2-4-8-18)30(28-21)16-24(31)29-12-10-20-23(11-13-29)32-25(26)27-20/h2-9,14-15H,10-13,16H2,1H3,(H2,26,27). The molecule has 0 saturated heterocycles. The van der Waals surface area contributed by atoms with Gasteiger partial charge in [0.15, 0.2) is 5.13 Å². The van der Waals surface area contributed by atoms with Gasteiger partial charge in [0.05, 0.1) is 17.1 Å². The fourth-order valence-electron chi connectivity index (χ4n) is 4.18. The quantitative estimate of drug-likeness (QED) is 0.513. The van der Waals surface area contributed by atoms with Crippen molar-refractivity contribution in [1.82, 2.24) is 19.7 Å². The van der Waals surface area contributed by atoms with Crippen molar-refractivity contribution in [3.63, 3.8) is 0 Å². The summed E-state index contributed by atoms with van der Waals surface area (Å²) in [5, 5.41) is 5.45. The lowest BCUT2D eigenvalue weighted by molar-refractivity contribution is -0.131. The highest BCUT2D eigenvalue weighted by Crippen LogP contribution is 2.28. The van der Waals surface area contributed by atoms with E-state index in [-0.39, 0.29) is 12.5 Å². The summed E-state index contributed by atoms with van der Waals surface area (Å²) in [6, 6.07) is 20.5. The maximum atomic E-state index is 13.3. The molecule has 4 aromatic rings. The third-order valence-corrected chi connectivity index (χ3v) is 6.81. The van der Waals surface area contributed by atoms with Crippen molar-refractivity contribution in [2.24, 2.45) is 0 Å². The number of carbonyl (C=O) groups is 1. The Morgan fingerprint density at radius 3 is 2.62 bits per heavy atom. The molecule has 5 rings (SSSR count). The number of fused-ring (bicyclic) bond motifs is 1. The van der Waals surface area contributed by atoms with Crippen molar-refractivity contribution in [3.05, 3.63) is 76.8 Å². The number of anilines is 1. The zero-order chi connectivity index (χ0) is 22.1. The summed E-state index contributed by atoms with van der Waals surface area (Å²) in [6.45, 7) is 3.61. The lowest BCUT2D eigenvalue weighted by atomic mass is 10.1. The van der Waals surface area contributed by atoms with Crippen molar-refractivity contribution >= 4 is 22.4 Å². The van der Waals surface area contributed by atoms with E-state index in [4.69, 9.17) is 10.8 Å². The van der Waals surface area contributed by atoms with Gasteiger partial charge in [-0.3, -0.25) is 9.48 Å². The Morgan fingerprint density at radius 2 is 1.81 bits per heavy atom. The van der Waals surface area contributed by atoms with Crippen molar-refractivity contribution in [2.45, 2.75) is 26.3 Å². The number of nitrogens with zero attached hydrogens (tertiary/aromatic N) is 4. The molecular formula is C25H25N5OS. The number of aromatic nitrogens is 3. The Morgan fingerprint density at radius 1 is 1.03 bits per heavy atom. The second-order valence-electron chi connectivity index (χ2n) is 8.11. The minimum Gasteiger partial charge on any atom is -0.375 e. The van der Waals surface area contributed by atoms with E-state index in [9.17, 15) is 4.79 Å². The smallest absolute Gasteiger partial charge is 0.244 e. The molecule has 6 nitrogen and oxygen atoms in total. The molecule has 2 aromatic carbocycles. The molecule has 7 heteroatoms. The van der Waals surface area contributed by atoms with E-state index in [0.29, 0.717) is 18.2 Å². The van der Waals surface area contributed by atoms with Gasteiger partial charge in [-0.15, -0.1) is 11.3 Å². The second-order valence-corrected chi connectivity index (χ2v) is 9.23. The van der Waals surface area contributed by atoms with E-state index < -0.39 is 0 Å². The number of rotatable bonds is 4. The molecule has 0 unspecified atom stereocenters. The van der Waals surface area contributed by atoms with Crippen LogP contribution in [-0.2, 0) is 24.2 Å². The number of nitrogen functional groups attached to an aromatic ring is 1. The van der Waals surface area contributed by atoms with Crippen LogP contribution in [0.25, 0.3) is 22.5 Å². The van der Waals surface area contributed by atoms with Crippen molar-refractivity contribution in [1.29, 1.82) is 0 Å². The van der Waals surface area contributed by atoms with Gasteiger partial charge in [-0.1, -0.05) is 54.1 Å². The SMILES string of the molecule is Cc1cccc(-c2cc(-c3ccccc3)n(CC(=O)N3CCc4nc(N)sc4CC3)n2)c1. The summed E-state index contributed by atoms with van der Waals surface area (Å²) in [7, 11) is 0. The molecule has 3 heterocycles. The summed E-state index contributed by atoms with van der Waals surface area (Å²) >= 11 is 1.53. The molecule has 0 bridgehead atoms. The second kappa shape index (κ2) is 8.59. The van der Waals surface area contributed by atoms with E-state index in [1.807, 2.05) is 33.8 Å². The molecule has 1 aliphatic heterocycles. The molecule has 0 fully saturated rings. The first-order chi connectivity index (χ1) is 15.6. The van der Waals surface area contributed by atoms with Crippen molar-refractivity contribution < 1.29 is 4.79 Å². The number of amides is 1. The first kappa shape index (κ1) is 20.5. The summed E-state index contributed by atoms with van der Waals surface area (Å²) < 4.78 is 1.84. The van der Waals surface area contributed by atoms with Crippen LogP contribution in [0.4, 0.5) is 5.13 Å².